The minimum Gasteiger partial charge on any atom is -0.406 e. The van der Waals surface area contributed by atoms with Crippen molar-refractivity contribution >= 4 is 16.6 Å². The molecule has 0 saturated heterocycles. The molecule has 0 aromatic rings. The van der Waals surface area contributed by atoms with Crippen LogP contribution in [0.5, 0.6) is 0 Å². The Morgan fingerprint density at radius 1 is 0.545 bits per heavy atom. The molecular formula is C18H34O2Si2. The number of hydrogen-bond donors (Lipinski definition) is 0. The molecule has 0 fully saturated rings. The van der Waals surface area contributed by atoms with E-state index in [1.165, 1.54) is 36.3 Å². The standard InChI is InChI=1S/C18H34O2Si2/c1-7-21(8-2,9-3)19-17-15-13-14-16-18-20-22(10-4,11-5)12-6/h7-12,17-18H2,1-6H3. The van der Waals surface area contributed by atoms with Crippen LogP contribution in [0.3, 0.4) is 0 Å². The zero-order valence-electron chi connectivity index (χ0n) is 15.5. The van der Waals surface area contributed by atoms with Crippen molar-refractivity contribution < 1.29 is 8.85 Å². The van der Waals surface area contributed by atoms with Gasteiger partial charge in [0.2, 0.25) is 0 Å². The Bertz CT molecular complexity index is 348. The lowest BCUT2D eigenvalue weighted by Gasteiger charge is -2.26. The maximum atomic E-state index is 6.06. The summed E-state index contributed by atoms with van der Waals surface area (Å²) in [7, 11) is -3.00. The average molecular weight is 339 g/mol. The summed E-state index contributed by atoms with van der Waals surface area (Å²) in [5.41, 5.74) is 0. The van der Waals surface area contributed by atoms with Crippen LogP contribution in [0.25, 0.3) is 0 Å². The van der Waals surface area contributed by atoms with Crippen molar-refractivity contribution in [2.45, 2.75) is 77.8 Å². The highest BCUT2D eigenvalue weighted by Crippen LogP contribution is 2.21. The van der Waals surface area contributed by atoms with E-state index >= 15 is 0 Å². The van der Waals surface area contributed by atoms with Gasteiger partial charge in [0.1, 0.15) is 0 Å². The maximum absolute atomic E-state index is 6.06. The fourth-order valence-corrected chi connectivity index (χ4v) is 7.63. The summed E-state index contributed by atoms with van der Waals surface area (Å²) in [6.07, 6.45) is 0. The molecule has 0 radical (unpaired) electrons. The fraction of sp³-hybridized carbons (Fsp3) is 0.778. The summed E-state index contributed by atoms with van der Waals surface area (Å²) in [6, 6.07) is 6.99. The van der Waals surface area contributed by atoms with E-state index in [-0.39, 0.29) is 0 Å². The fourth-order valence-electron chi connectivity index (χ4n) is 2.65. The first-order valence-corrected chi connectivity index (χ1v) is 13.9. The molecule has 0 saturated carbocycles. The van der Waals surface area contributed by atoms with Crippen molar-refractivity contribution in [3.8, 4) is 23.7 Å². The van der Waals surface area contributed by atoms with Gasteiger partial charge in [-0.1, -0.05) is 53.4 Å². The Morgan fingerprint density at radius 2 is 0.818 bits per heavy atom. The summed E-state index contributed by atoms with van der Waals surface area (Å²) in [4.78, 5) is 0. The first-order valence-electron chi connectivity index (χ1n) is 8.81. The van der Waals surface area contributed by atoms with Gasteiger partial charge in [0.15, 0.2) is 16.6 Å². The van der Waals surface area contributed by atoms with Gasteiger partial charge in [-0.05, 0) is 48.1 Å². The molecule has 0 unspecified atom stereocenters. The Kier molecular flexibility index (Phi) is 11.7. The van der Waals surface area contributed by atoms with Gasteiger partial charge in [0, 0.05) is 0 Å². The molecule has 0 aliphatic rings. The van der Waals surface area contributed by atoms with Gasteiger partial charge in [-0.2, -0.15) is 0 Å². The molecule has 0 N–H and O–H groups in total. The van der Waals surface area contributed by atoms with E-state index in [0.29, 0.717) is 13.2 Å². The molecule has 0 aromatic heterocycles. The van der Waals surface area contributed by atoms with Crippen LogP contribution in [0, 0.1) is 23.7 Å². The van der Waals surface area contributed by atoms with Crippen LogP contribution in [-0.4, -0.2) is 29.8 Å². The third kappa shape index (κ3) is 7.16. The van der Waals surface area contributed by atoms with Crippen LogP contribution >= 0.6 is 0 Å². The third-order valence-corrected chi connectivity index (χ3v) is 14.3. The summed E-state index contributed by atoms with van der Waals surface area (Å²) in [6.45, 7) is 14.4. The van der Waals surface area contributed by atoms with Gasteiger partial charge in [-0.15, -0.1) is 0 Å². The SMILES string of the molecule is CC[Si](CC)(CC)OCC#CC#CCO[Si](CC)(CC)CC. The molecule has 0 aromatic carbocycles. The lowest BCUT2D eigenvalue weighted by Crippen LogP contribution is -2.35. The Morgan fingerprint density at radius 3 is 1.05 bits per heavy atom. The summed E-state index contributed by atoms with van der Waals surface area (Å²) < 4.78 is 12.1. The van der Waals surface area contributed by atoms with E-state index in [2.05, 4.69) is 65.2 Å². The monoisotopic (exact) mass is 338 g/mol. The van der Waals surface area contributed by atoms with Crippen LogP contribution in [0.1, 0.15) is 41.5 Å². The molecule has 126 valence electrons. The van der Waals surface area contributed by atoms with Crippen molar-refractivity contribution in [1.29, 1.82) is 0 Å². The highest BCUT2D eigenvalue weighted by Gasteiger charge is 2.28. The second-order valence-corrected chi connectivity index (χ2v) is 15.2. The van der Waals surface area contributed by atoms with E-state index < -0.39 is 16.6 Å². The van der Waals surface area contributed by atoms with Gasteiger partial charge in [-0.3, -0.25) is 0 Å². The van der Waals surface area contributed by atoms with Crippen LogP contribution in [0.2, 0.25) is 36.3 Å². The molecule has 0 heterocycles. The van der Waals surface area contributed by atoms with Gasteiger partial charge in [0.25, 0.3) is 0 Å². The Hall–Kier alpha value is -0.526. The Balaban J connectivity index is 4.23. The van der Waals surface area contributed by atoms with E-state index in [9.17, 15) is 0 Å². The average Bonchev–Trinajstić information content (AvgIpc) is 2.58. The molecule has 2 nitrogen and oxygen atoms in total. The first-order chi connectivity index (χ1) is 10.6. The molecule has 0 atom stereocenters. The summed E-state index contributed by atoms with van der Waals surface area (Å²) in [5, 5.41) is 0. The van der Waals surface area contributed by atoms with Crippen molar-refractivity contribution in [1.82, 2.24) is 0 Å². The van der Waals surface area contributed by atoms with E-state index in [4.69, 9.17) is 8.85 Å². The molecule has 22 heavy (non-hydrogen) atoms. The van der Waals surface area contributed by atoms with Crippen LogP contribution in [-0.2, 0) is 8.85 Å². The van der Waals surface area contributed by atoms with E-state index in [1.54, 1.807) is 0 Å². The van der Waals surface area contributed by atoms with Gasteiger partial charge < -0.3 is 8.85 Å². The molecular weight excluding hydrogens is 304 g/mol. The minimum absolute atomic E-state index is 0.523. The predicted octanol–water partition coefficient (Wildman–Crippen LogP) is 5.04. The molecule has 0 spiro atoms. The molecule has 0 aliphatic carbocycles. The zero-order valence-corrected chi connectivity index (χ0v) is 17.5. The highest BCUT2D eigenvalue weighted by atomic mass is 28.4. The van der Waals surface area contributed by atoms with E-state index in [0.717, 1.165) is 0 Å². The van der Waals surface area contributed by atoms with Crippen LogP contribution < -0.4 is 0 Å². The predicted molar refractivity (Wildman–Crippen MR) is 102 cm³/mol. The van der Waals surface area contributed by atoms with Crippen molar-refractivity contribution in [3.05, 3.63) is 0 Å². The molecule has 0 aliphatic heterocycles. The van der Waals surface area contributed by atoms with Gasteiger partial charge in [-0.25, -0.2) is 0 Å². The first kappa shape index (κ1) is 21.5. The maximum Gasteiger partial charge on any atom is 0.193 e. The topological polar surface area (TPSA) is 18.5 Å². The third-order valence-electron chi connectivity index (χ3n) is 5.01. The molecule has 4 heteroatoms. The highest BCUT2D eigenvalue weighted by molar-refractivity contribution is 6.74. The number of hydrogen-bond acceptors (Lipinski definition) is 2. The van der Waals surface area contributed by atoms with Gasteiger partial charge >= 0.3 is 0 Å². The number of rotatable bonds is 10. The lowest BCUT2D eigenvalue weighted by molar-refractivity contribution is 0.349. The largest absolute Gasteiger partial charge is 0.406 e. The second kappa shape index (κ2) is 12.0. The Labute approximate surface area is 140 Å². The van der Waals surface area contributed by atoms with Crippen molar-refractivity contribution in [2.24, 2.45) is 0 Å². The smallest absolute Gasteiger partial charge is 0.193 e. The van der Waals surface area contributed by atoms with Crippen molar-refractivity contribution in [2.75, 3.05) is 13.2 Å². The van der Waals surface area contributed by atoms with Crippen molar-refractivity contribution in [3.63, 3.8) is 0 Å². The molecule has 0 bridgehead atoms. The van der Waals surface area contributed by atoms with Crippen LogP contribution in [0.15, 0.2) is 0 Å². The second-order valence-electron chi connectivity index (χ2n) is 5.67. The normalized spacial score (nSPS) is 11.4. The lowest BCUT2D eigenvalue weighted by atomic mass is 10.5. The zero-order chi connectivity index (χ0) is 16.9. The minimum atomic E-state index is -1.50. The van der Waals surface area contributed by atoms with E-state index in [1.807, 2.05) is 0 Å². The summed E-state index contributed by atoms with van der Waals surface area (Å²) in [5.74, 6) is 11.8. The van der Waals surface area contributed by atoms with Gasteiger partial charge in [0.05, 0.1) is 13.2 Å². The van der Waals surface area contributed by atoms with Crippen LogP contribution in [0.4, 0.5) is 0 Å². The molecule has 0 amide bonds. The molecule has 0 rings (SSSR count). The quantitative estimate of drug-likeness (QED) is 0.410. The summed E-state index contributed by atoms with van der Waals surface area (Å²) >= 11 is 0.